The summed E-state index contributed by atoms with van der Waals surface area (Å²) in [6.07, 6.45) is -16.2. The van der Waals surface area contributed by atoms with Gasteiger partial charge in [-0.2, -0.15) is 0 Å². The number of rotatable bonds is 12. The van der Waals surface area contributed by atoms with Gasteiger partial charge in [0.25, 0.3) is 0 Å². The van der Waals surface area contributed by atoms with Crippen molar-refractivity contribution in [1.82, 2.24) is 0 Å². The van der Waals surface area contributed by atoms with Crippen molar-refractivity contribution < 1.29 is 99.5 Å². The average Bonchev–Trinajstić information content (AvgIpc) is 3.33. The zero-order valence-electron chi connectivity index (χ0n) is 40.2. The quantitative estimate of drug-likeness (QED) is 0.0943. The molecule has 68 heavy (non-hydrogen) atoms. The fourth-order valence-electron chi connectivity index (χ4n) is 15.4. The molecule has 4 saturated heterocycles. The highest BCUT2D eigenvalue weighted by Crippen LogP contribution is 2.75. The lowest BCUT2D eigenvalue weighted by molar-refractivity contribution is -0.380. The summed E-state index contributed by atoms with van der Waals surface area (Å²) in [5.41, 5.74) is -1.81. The number of fused-ring (bicyclic) bond motifs is 5. The van der Waals surface area contributed by atoms with Crippen LogP contribution in [-0.4, -0.2) is 216 Å². The van der Waals surface area contributed by atoms with Crippen LogP contribution in [0, 0.1) is 50.7 Å². The molecule has 394 valence electrons. The van der Waals surface area contributed by atoms with Gasteiger partial charge in [-0.15, -0.1) is 0 Å². The van der Waals surface area contributed by atoms with Gasteiger partial charge in [-0.1, -0.05) is 34.6 Å². The fourth-order valence-corrected chi connectivity index (χ4v) is 15.4. The molecule has 0 radical (unpaired) electrons. The van der Waals surface area contributed by atoms with Crippen molar-refractivity contribution >= 4 is 0 Å². The molecule has 0 amide bonds. The van der Waals surface area contributed by atoms with Gasteiger partial charge in [-0.05, 0) is 98.2 Å². The minimum atomic E-state index is -1.81. The van der Waals surface area contributed by atoms with Gasteiger partial charge < -0.3 is 99.5 Å². The molecule has 20 heteroatoms. The number of hydrogen-bond acceptors (Lipinski definition) is 20. The molecular formula is C48H82O20. The summed E-state index contributed by atoms with van der Waals surface area (Å²) < 4.78 is 42.3. The molecule has 4 saturated carbocycles. The van der Waals surface area contributed by atoms with Crippen LogP contribution in [0.15, 0.2) is 0 Å². The lowest BCUT2D eigenvalue weighted by Crippen LogP contribution is -2.69. The lowest BCUT2D eigenvalue weighted by Gasteiger charge is -2.73. The van der Waals surface area contributed by atoms with E-state index in [1.807, 2.05) is 13.8 Å². The average molecular weight is 979 g/mol. The van der Waals surface area contributed by atoms with E-state index in [0.29, 0.717) is 19.4 Å². The minimum Gasteiger partial charge on any atom is -0.396 e. The molecule has 13 N–H and O–H groups in total. The molecule has 4 aliphatic carbocycles. The molecule has 0 aromatic heterocycles. The topological polar surface area (TPSA) is 328 Å². The Hall–Kier alpha value is -0.800. The van der Waals surface area contributed by atoms with E-state index in [1.54, 1.807) is 0 Å². The summed E-state index contributed by atoms with van der Waals surface area (Å²) in [4.78, 5) is 0. The van der Waals surface area contributed by atoms with E-state index in [1.165, 1.54) is 0 Å². The van der Waals surface area contributed by atoms with E-state index >= 15 is 0 Å². The highest BCUT2D eigenvalue weighted by molar-refractivity contribution is 5.19. The van der Waals surface area contributed by atoms with Gasteiger partial charge in [-0.3, -0.25) is 0 Å². The van der Waals surface area contributed by atoms with E-state index in [0.717, 1.165) is 51.4 Å². The van der Waals surface area contributed by atoms with Crippen LogP contribution in [0.5, 0.6) is 0 Å². The van der Waals surface area contributed by atoms with E-state index < -0.39 is 135 Å². The minimum absolute atomic E-state index is 0.0234. The van der Waals surface area contributed by atoms with Crippen molar-refractivity contribution in [3.8, 4) is 0 Å². The Bertz CT molecular complexity index is 1690. The second kappa shape index (κ2) is 20.1. The first-order valence-corrected chi connectivity index (χ1v) is 25.2. The molecule has 0 bridgehead atoms. The highest BCUT2D eigenvalue weighted by Gasteiger charge is 2.71. The number of aliphatic hydroxyl groups excluding tert-OH is 13. The van der Waals surface area contributed by atoms with E-state index in [-0.39, 0.29) is 59.2 Å². The van der Waals surface area contributed by atoms with Gasteiger partial charge >= 0.3 is 0 Å². The van der Waals surface area contributed by atoms with Gasteiger partial charge in [0.2, 0.25) is 0 Å². The van der Waals surface area contributed by atoms with Gasteiger partial charge in [0.1, 0.15) is 73.2 Å². The molecule has 27 atom stereocenters. The molecule has 8 rings (SSSR count). The summed E-state index contributed by atoms with van der Waals surface area (Å²) in [6.45, 7) is 9.52. The molecule has 8 fully saturated rings. The lowest BCUT2D eigenvalue weighted by atomic mass is 9.33. The molecule has 8 aliphatic rings. The molecule has 4 heterocycles. The first-order chi connectivity index (χ1) is 32.1. The summed E-state index contributed by atoms with van der Waals surface area (Å²) in [6, 6.07) is 0. The van der Waals surface area contributed by atoms with Gasteiger partial charge in [0.05, 0.1) is 58.0 Å². The molecule has 0 aromatic carbocycles. The normalized spacial score (nSPS) is 55.8. The van der Waals surface area contributed by atoms with Gasteiger partial charge in [0.15, 0.2) is 18.9 Å². The van der Waals surface area contributed by atoms with Crippen molar-refractivity contribution in [3.05, 3.63) is 0 Å². The first-order valence-electron chi connectivity index (χ1n) is 25.2. The van der Waals surface area contributed by atoms with Crippen LogP contribution < -0.4 is 0 Å². The molecule has 0 aromatic rings. The van der Waals surface area contributed by atoms with Crippen molar-refractivity contribution in [3.63, 3.8) is 0 Å². The smallest absolute Gasteiger partial charge is 0.187 e. The number of hydrogen-bond donors (Lipinski definition) is 13. The maximum absolute atomic E-state index is 12.6. The Morgan fingerprint density at radius 2 is 1.13 bits per heavy atom. The van der Waals surface area contributed by atoms with Crippen LogP contribution in [0.2, 0.25) is 0 Å². The maximum Gasteiger partial charge on any atom is 0.187 e. The number of aliphatic hydroxyl groups is 13. The van der Waals surface area contributed by atoms with Crippen LogP contribution >= 0.6 is 0 Å². The second-order valence-electron chi connectivity index (χ2n) is 23.2. The summed E-state index contributed by atoms with van der Waals surface area (Å²) in [5.74, 6) is 0.159. The van der Waals surface area contributed by atoms with Crippen LogP contribution in [0.25, 0.3) is 0 Å². The standard InChI is InChI=1S/C48H82O20/c1-22(19-62-41-37(59)34(56)31(53)25(16-49)64-41)24-8-13-48(21-63-24)15-14-46(4)23(40(48)61)6-7-29-44(2)11-10-30(45(3,20-52)28(44)9-12-47(29,46)5)67-43-39(36(58)33(55)27(18-51)66-43)68-42-38(60)35(57)32(54)26(17-50)65-42/h22-43,49-61H,6-21H2,1-5H3/t22-,23-,24?,25-,26-,27-,28-,29-,30+,31-,32-,33-,34+,35+,36+,37-,38-,39-,40-,41-,42+,43+,44+,45+,46-,47-,48-/m1/s1. The summed E-state index contributed by atoms with van der Waals surface area (Å²) in [7, 11) is 0. The van der Waals surface area contributed by atoms with Crippen LogP contribution in [0.4, 0.5) is 0 Å². The molecule has 1 unspecified atom stereocenters. The third kappa shape index (κ3) is 8.66. The highest BCUT2D eigenvalue weighted by atomic mass is 16.8. The Morgan fingerprint density at radius 3 is 1.72 bits per heavy atom. The fraction of sp³-hybridized carbons (Fsp3) is 1.00. The Labute approximate surface area is 398 Å². The van der Waals surface area contributed by atoms with Crippen molar-refractivity contribution in [1.29, 1.82) is 0 Å². The molecule has 1 spiro atoms. The molecular weight excluding hydrogens is 897 g/mol. The van der Waals surface area contributed by atoms with E-state index in [4.69, 9.17) is 33.2 Å². The first kappa shape index (κ1) is 53.5. The monoisotopic (exact) mass is 979 g/mol. The zero-order valence-corrected chi connectivity index (χ0v) is 40.2. The Morgan fingerprint density at radius 1 is 0.544 bits per heavy atom. The maximum atomic E-state index is 12.6. The SMILES string of the molecule is C[C@H](CO[C@@H]1O[C@H](CO)[C@@H](O)[C@H](O)[C@H]1O)C1CC[C@@]2(CC[C@]3(C)[C@H](CC[C@@H]4[C@@]5(C)CC[C@H](O[C@@H]6O[C@H](CO)[C@@H](O)[C@H](O)[C@H]6O[C@@H]6O[C@H](CO)[C@@H](O)[C@H](O)[C@H]6O)[C@@](C)(CO)[C@@H]5CC[C@]43C)[C@H]2O)CO1. The predicted octanol–water partition coefficient (Wildman–Crippen LogP) is -1.98. The summed E-state index contributed by atoms with van der Waals surface area (Å²) in [5, 5.41) is 138. The second-order valence-corrected chi connectivity index (χ2v) is 23.2. The number of ether oxygens (including phenoxy) is 7. The zero-order chi connectivity index (χ0) is 49.5. The third-order valence-electron chi connectivity index (χ3n) is 20.0. The predicted molar refractivity (Wildman–Crippen MR) is 234 cm³/mol. The van der Waals surface area contributed by atoms with Gasteiger partial charge in [0, 0.05) is 16.7 Å². The van der Waals surface area contributed by atoms with E-state index in [9.17, 15) is 66.4 Å². The largest absolute Gasteiger partial charge is 0.396 e. The molecule has 20 nitrogen and oxygen atoms in total. The van der Waals surface area contributed by atoms with Gasteiger partial charge in [-0.25, -0.2) is 0 Å². The Kier molecular flexibility index (Phi) is 15.8. The third-order valence-corrected chi connectivity index (χ3v) is 20.0. The van der Waals surface area contributed by atoms with Crippen LogP contribution in [0.3, 0.4) is 0 Å². The Balaban J connectivity index is 0.933. The van der Waals surface area contributed by atoms with Crippen molar-refractivity contribution in [2.24, 2.45) is 50.7 Å². The van der Waals surface area contributed by atoms with Crippen LogP contribution in [0.1, 0.15) is 98.8 Å². The van der Waals surface area contributed by atoms with Crippen molar-refractivity contribution in [2.75, 3.05) is 39.6 Å². The van der Waals surface area contributed by atoms with Crippen LogP contribution in [-0.2, 0) is 33.2 Å². The molecule has 4 aliphatic heterocycles. The van der Waals surface area contributed by atoms with E-state index in [2.05, 4.69) is 20.8 Å². The summed E-state index contributed by atoms with van der Waals surface area (Å²) >= 11 is 0. The van der Waals surface area contributed by atoms with Crippen molar-refractivity contribution in [2.45, 2.75) is 209 Å².